The van der Waals surface area contributed by atoms with Gasteiger partial charge in [-0.3, -0.25) is 4.99 Å². The summed E-state index contributed by atoms with van der Waals surface area (Å²) in [4.78, 5) is 6.01. The lowest BCUT2D eigenvalue weighted by atomic mass is 10.0. The number of hydrogen-bond acceptors (Lipinski definition) is 4. The third-order valence-corrected chi connectivity index (χ3v) is 5.25. The summed E-state index contributed by atoms with van der Waals surface area (Å²) in [7, 11) is 1.60. The highest BCUT2D eigenvalue weighted by atomic mass is 127. The number of aliphatic imine (C=N–C) groups is 1. The van der Waals surface area contributed by atoms with Crippen LogP contribution in [0.15, 0.2) is 23.2 Å². The number of nitrogens with zero attached hydrogens (tertiary/aromatic N) is 2. The van der Waals surface area contributed by atoms with E-state index in [0.29, 0.717) is 51.1 Å². The van der Waals surface area contributed by atoms with Gasteiger partial charge in [-0.1, -0.05) is 6.07 Å². The van der Waals surface area contributed by atoms with Gasteiger partial charge >= 0.3 is 6.18 Å². The normalized spacial score (nSPS) is 17.3. The van der Waals surface area contributed by atoms with Gasteiger partial charge in [0.15, 0.2) is 5.96 Å². The number of alkyl halides is 3. The maximum atomic E-state index is 13.7. The first-order chi connectivity index (χ1) is 14.5. The molecule has 1 saturated carbocycles. The third-order valence-electron chi connectivity index (χ3n) is 5.25. The monoisotopic (exact) mass is 556 g/mol. The summed E-state index contributed by atoms with van der Waals surface area (Å²) in [6.45, 7) is 4.42. The second-order valence-corrected chi connectivity index (χ2v) is 7.66. The van der Waals surface area contributed by atoms with Crippen LogP contribution in [0.3, 0.4) is 0 Å². The standard InChI is InChI=1S/C21H31F3N4O2.HI/c1-25-20(26-7-2-10-30-15-16-3-4-16)27-14-17-5-6-18(13-19(17)21(22,23)24)28-8-11-29-12-9-28;/h5-6,13,16H,2-4,7-12,14-15H2,1H3,(H2,25,26,27);1H. The fourth-order valence-electron chi connectivity index (χ4n) is 3.32. The Morgan fingerprint density at radius 1 is 1.23 bits per heavy atom. The molecule has 10 heteroatoms. The minimum Gasteiger partial charge on any atom is -0.381 e. The van der Waals surface area contributed by atoms with Crippen molar-refractivity contribution in [2.45, 2.75) is 32.0 Å². The second kappa shape index (κ2) is 12.7. The van der Waals surface area contributed by atoms with E-state index in [-0.39, 0.29) is 36.1 Å². The molecule has 1 heterocycles. The summed E-state index contributed by atoms with van der Waals surface area (Å²) in [6.07, 6.45) is -1.07. The Labute approximate surface area is 199 Å². The first-order valence-corrected chi connectivity index (χ1v) is 10.5. The SMILES string of the molecule is CN=C(NCCCOCC1CC1)NCc1ccc(N2CCOCC2)cc1C(F)(F)F.I. The molecule has 0 amide bonds. The molecule has 2 N–H and O–H groups in total. The number of anilines is 1. The van der Waals surface area contributed by atoms with Crippen molar-refractivity contribution in [1.29, 1.82) is 0 Å². The van der Waals surface area contributed by atoms with E-state index in [0.717, 1.165) is 18.9 Å². The van der Waals surface area contributed by atoms with Gasteiger partial charge < -0.3 is 25.0 Å². The zero-order chi connectivity index (χ0) is 21.4. The molecular formula is C21H32F3IN4O2. The zero-order valence-electron chi connectivity index (χ0n) is 17.8. The highest BCUT2D eigenvalue weighted by Crippen LogP contribution is 2.35. The molecule has 0 spiro atoms. The number of benzene rings is 1. The van der Waals surface area contributed by atoms with Crippen molar-refractivity contribution >= 4 is 35.6 Å². The Morgan fingerprint density at radius 3 is 2.61 bits per heavy atom. The van der Waals surface area contributed by atoms with E-state index >= 15 is 0 Å². The van der Waals surface area contributed by atoms with E-state index in [1.807, 2.05) is 4.90 Å². The average Bonchev–Trinajstić information content (AvgIpc) is 3.57. The molecule has 1 aliphatic heterocycles. The molecule has 1 aromatic rings. The van der Waals surface area contributed by atoms with Gasteiger partial charge in [-0.25, -0.2) is 0 Å². The number of guanidine groups is 1. The van der Waals surface area contributed by atoms with Gasteiger partial charge in [0, 0.05) is 52.1 Å². The van der Waals surface area contributed by atoms with Crippen LogP contribution in [0.2, 0.25) is 0 Å². The van der Waals surface area contributed by atoms with Crippen LogP contribution in [0.4, 0.5) is 18.9 Å². The second-order valence-electron chi connectivity index (χ2n) is 7.66. The largest absolute Gasteiger partial charge is 0.416 e. The van der Waals surface area contributed by atoms with Crippen LogP contribution in [0.5, 0.6) is 0 Å². The van der Waals surface area contributed by atoms with Crippen LogP contribution in [0, 0.1) is 5.92 Å². The van der Waals surface area contributed by atoms with E-state index in [2.05, 4.69) is 15.6 Å². The molecule has 6 nitrogen and oxygen atoms in total. The summed E-state index contributed by atoms with van der Waals surface area (Å²) in [6, 6.07) is 4.51. The summed E-state index contributed by atoms with van der Waals surface area (Å²) < 4.78 is 51.8. The molecule has 0 bridgehead atoms. The Kier molecular flexibility index (Phi) is 10.6. The van der Waals surface area contributed by atoms with Crippen LogP contribution >= 0.6 is 24.0 Å². The maximum Gasteiger partial charge on any atom is 0.416 e. The molecule has 2 aliphatic rings. The Hall–Kier alpha value is -1.27. The Balaban J connectivity index is 0.00000341. The maximum absolute atomic E-state index is 13.7. The van der Waals surface area contributed by atoms with Gasteiger partial charge in [0.1, 0.15) is 0 Å². The summed E-state index contributed by atoms with van der Waals surface area (Å²) in [5.74, 6) is 1.22. The van der Waals surface area contributed by atoms with Crippen LogP contribution in [-0.2, 0) is 22.2 Å². The molecule has 1 saturated heterocycles. The first-order valence-electron chi connectivity index (χ1n) is 10.5. The van der Waals surface area contributed by atoms with Gasteiger partial charge in [-0.2, -0.15) is 13.2 Å². The highest BCUT2D eigenvalue weighted by molar-refractivity contribution is 14.0. The van der Waals surface area contributed by atoms with Gasteiger partial charge in [-0.05, 0) is 42.9 Å². The van der Waals surface area contributed by atoms with Crippen LogP contribution < -0.4 is 15.5 Å². The number of morpholine rings is 1. The van der Waals surface area contributed by atoms with Crippen molar-refractivity contribution in [3.05, 3.63) is 29.3 Å². The molecule has 1 aliphatic carbocycles. The van der Waals surface area contributed by atoms with Crippen LogP contribution in [0.25, 0.3) is 0 Å². The van der Waals surface area contributed by atoms with Gasteiger partial charge in [0.2, 0.25) is 0 Å². The van der Waals surface area contributed by atoms with E-state index in [4.69, 9.17) is 9.47 Å². The minimum atomic E-state index is -4.42. The van der Waals surface area contributed by atoms with Crippen LogP contribution in [0.1, 0.15) is 30.4 Å². The number of rotatable bonds is 9. The van der Waals surface area contributed by atoms with E-state index < -0.39 is 11.7 Å². The van der Waals surface area contributed by atoms with Crippen molar-refractivity contribution < 1.29 is 22.6 Å². The third kappa shape index (κ3) is 8.64. The molecule has 0 atom stereocenters. The Morgan fingerprint density at radius 2 is 1.97 bits per heavy atom. The summed E-state index contributed by atoms with van der Waals surface area (Å²) in [5.41, 5.74) is 0.140. The van der Waals surface area contributed by atoms with E-state index in [1.54, 1.807) is 19.2 Å². The predicted molar refractivity (Wildman–Crippen MR) is 126 cm³/mol. The lowest BCUT2D eigenvalue weighted by molar-refractivity contribution is -0.138. The van der Waals surface area contributed by atoms with Crippen molar-refractivity contribution in [2.75, 3.05) is 58.0 Å². The summed E-state index contributed by atoms with van der Waals surface area (Å²) in [5, 5.41) is 6.10. The molecule has 3 rings (SSSR count). The zero-order valence-corrected chi connectivity index (χ0v) is 20.2. The van der Waals surface area contributed by atoms with Crippen molar-refractivity contribution in [3.8, 4) is 0 Å². The molecule has 176 valence electrons. The fourth-order valence-corrected chi connectivity index (χ4v) is 3.32. The molecule has 1 aromatic carbocycles. The van der Waals surface area contributed by atoms with Gasteiger partial charge in [-0.15, -0.1) is 24.0 Å². The Bertz CT molecular complexity index is 708. The quantitative estimate of drug-likeness (QED) is 0.211. The fraction of sp³-hybridized carbons (Fsp3) is 0.667. The lowest BCUT2D eigenvalue weighted by Crippen LogP contribution is -2.38. The minimum absolute atomic E-state index is 0. The lowest BCUT2D eigenvalue weighted by Gasteiger charge is -2.29. The molecule has 0 radical (unpaired) electrons. The average molecular weight is 556 g/mol. The molecule has 2 fully saturated rings. The predicted octanol–water partition coefficient (Wildman–Crippen LogP) is 3.64. The number of halogens is 4. The summed E-state index contributed by atoms with van der Waals surface area (Å²) >= 11 is 0. The number of hydrogen-bond donors (Lipinski definition) is 2. The van der Waals surface area contributed by atoms with Crippen molar-refractivity contribution in [2.24, 2.45) is 10.9 Å². The number of ether oxygens (including phenoxy) is 2. The van der Waals surface area contributed by atoms with Crippen molar-refractivity contribution in [1.82, 2.24) is 10.6 Å². The first kappa shape index (κ1) is 26.0. The molecular weight excluding hydrogens is 524 g/mol. The molecule has 0 aromatic heterocycles. The van der Waals surface area contributed by atoms with E-state index in [9.17, 15) is 13.2 Å². The van der Waals surface area contributed by atoms with E-state index in [1.165, 1.54) is 18.9 Å². The smallest absolute Gasteiger partial charge is 0.381 e. The molecule has 0 unspecified atom stereocenters. The van der Waals surface area contributed by atoms with Crippen LogP contribution in [-0.4, -0.2) is 59.1 Å². The van der Waals surface area contributed by atoms with Gasteiger partial charge in [0.05, 0.1) is 18.8 Å². The highest BCUT2D eigenvalue weighted by Gasteiger charge is 2.34. The number of nitrogens with one attached hydrogen (secondary N) is 2. The van der Waals surface area contributed by atoms with Gasteiger partial charge in [0.25, 0.3) is 0 Å². The van der Waals surface area contributed by atoms with Crippen molar-refractivity contribution in [3.63, 3.8) is 0 Å². The molecule has 31 heavy (non-hydrogen) atoms. The topological polar surface area (TPSA) is 58.1 Å².